The van der Waals surface area contributed by atoms with Crippen molar-refractivity contribution in [3.63, 3.8) is 0 Å². The lowest BCUT2D eigenvalue weighted by Crippen LogP contribution is -2.48. The molecule has 0 spiro atoms. The van der Waals surface area contributed by atoms with E-state index < -0.39 is 5.41 Å². The van der Waals surface area contributed by atoms with Gasteiger partial charge >= 0.3 is 0 Å². The summed E-state index contributed by atoms with van der Waals surface area (Å²) in [6.07, 6.45) is 0.925. The molecule has 1 saturated heterocycles. The number of carbonyl (C=O) groups excluding carboxylic acids is 3. The van der Waals surface area contributed by atoms with Gasteiger partial charge in [0.25, 0.3) is 5.91 Å². The van der Waals surface area contributed by atoms with Crippen LogP contribution in [0.4, 0.5) is 0 Å². The number of likely N-dealkylation sites (N-methyl/N-ethyl adjacent to an activating group) is 1. The highest BCUT2D eigenvalue weighted by molar-refractivity contribution is 6.30. The van der Waals surface area contributed by atoms with Crippen molar-refractivity contribution < 1.29 is 14.4 Å². The van der Waals surface area contributed by atoms with Crippen molar-refractivity contribution in [3.8, 4) is 0 Å². The van der Waals surface area contributed by atoms with Gasteiger partial charge in [-0.1, -0.05) is 41.9 Å². The zero-order chi connectivity index (χ0) is 20.8. The van der Waals surface area contributed by atoms with Crippen LogP contribution in [0.25, 0.3) is 0 Å². The van der Waals surface area contributed by atoms with Gasteiger partial charge in [-0.25, -0.2) is 0 Å². The molecule has 1 fully saturated rings. The van der Waals surface area contributed by atoms with Crippen molar-refractivity contribution in [2.75, 3.05) is 20.1 Å². The van der Waals surface area contributed by atoms with Crippen LogP contribution in [0, 0.1) is 5.41 Å². The van der Waals surface area contributed by atoms with Gasteiger partial charge in [0.15, 0.2) is 5.78 Å². The number of carbonyl (C=O) groups is 3. The van der Waals surface area contributed by atoms with Gasteiger partial charge in [-0.3, -0.25) is 14.4 Å². The van der Waals surface area contributed by atoms with Gasteiger partial charge in [0.1, 0.15) is 0 Å². The molecular formula is C23H23ClN2O3. The van der Waals surface area contributed by atoms with E-state index in [4.69, 9.17) is 11.6 Å². The van der Waals surface area contributed by atoms with Crippen LogP contribution in [0.1, 0.15) is 39.6 Å². The molecule has 2 aromatic rings. The van der Waals surface area contributed by atoms with E-state index in [1.807, 2.05) is 25.1 Å². The quantitative estimate of drug-likeness (QED) is 0.778. The zero-order valence-electron chi connectivity index (χ0n) is 16.5. The van der Waals surface area contributed by atoms with E-state index in [2.05, 4.69) is 0 Å². The van der Waals surface area contributed by atoms with Crippen LogP contribution in [0.15, 0.2) is 48.5 Å². The smallest absolute Gasteiger partial charge is 0.254 e. The first-order valence-electron chi connectivity index (χ1n) is 9.74. The Bertz CT molecular complexity index is 1010. The second kappa shape index (κ2) is 7.30. The Morgan fingerprint density at radius 2 is 1.86 bits per heavy atom. The molecule has 150 valence electrons. The van der Waals surface area contributed by atoms with E-state index >= 15 is 0 Å². The molecule has 6 heteroatoms. The molecule has 29 heavy (non-hydrogen) atoms. The third-order valence-electron chi connectivity index (χ3n) is 6.23. The molecule has 2 heterocycles. The van der Waals surface area contributed by atoms with E-state index in [9.17, 15) is 14.4 Å². The maximum Gasteiger partial charge on any atom is 0.254 e. The van der Waals surface area contributed by atoms with Crippen molar-refractivity contribution in [1.29, 1.82) is 0 Å². The van der Waals surface area contributed by atoms with Crippen LogP contribution in [0.3, 0.4) is 0 Å². The van der Waals surface area contributed by atoms with E-state index in [0.717, 1.165) is 5.56 Å². The first-order chi connectivity index (χ1) is 13.8. The third-order valence-corrected chi connectivity index (χ3v) is 6.46. The average molecular weight is 411 g/mol. The fourth-order valence-electron chi connectivity index (χ4n) is 4.55. The summed E-state index contributed by atoms with van der Waals surface area (Å²) in [7, 11) is 1.72. The molecule has 4 rings (SSSR count). The summed E-state index contributed by atoms with van der Waals surface area (Å²) in [4.78, 5) is 42.6. The van der Waals surface area contributed by atoms with Crippen molar-refractivity contribution in [3.05, 3.63) is 70.2 Å². The zero-order valence-corrected chi connectivity index (χ0v) is 17.3. The monoisotopic (exact) mass is 410 g/mol. The lowest BCUT2D eigenvalue weighted by atomic mass is 9.78. The van der Waals surface area contributed by atoms with E-state index in [1.165, 1.54) is 0 Å². The lowest BCUT2D eigenvalue weighted by molar-refractivity contribution is -0.130. The number of amides is 2. The first-order valence-corrected chi connectivity index (χ1v) is 10.1. The standard InChI is InChI=1S/C23H23ClN2O3/c1-23-14-26(20(27)11-10-15-6-5-7-16(24)12-15)13-19(23)25(2)22(29)18-9-4-3-8-17(18)21(23)28/h3-9,12,19H,10-11,13-14H2,1-2H3/t19-,23+/m1/s1. The van der Waals surface area contributed by atoms with E-state index in [0.29, 0.717) is 42.1 Å². The number of Topliss-reactive ketones (excluding diaryl/α,β-unsaturated/α-hetero) is 1. The number of hydrogen-bond donors (Lipinski definition) is 0. The molecule has 0 aliphatic carbocycles. The third kappa shape index (κ3) is 3.33. The number of likely N-dealkylation sites (tertiary alicyclic amines) is 1. The Balaban J connectivity index is 1.56. The van der Waals surface area contributed by atoms with Gasteiger partial charge in [-0.15, -0.1) is 0 Å². The minimum Gasteiger partial charge on any atom is -0.339 e. The fourth-order valence-corrected chi connectivity index (χ4v) is 4.76. The van der Waals surface area contributed by atoms with Crippen molar-refractivity contribution >= 4 is 29.2 Å². The maximum absolute atomic E-state index is 13.4. The molecule has 2 aliphatic rings. The predicted molar refractivity (Wildman–Crippen MR) is 111 cm³/mol. The number of benzene rings is 2. The van der Waals surface area contributed by atoms with Crippen LogP contribution < -0.4 is 0 Å². The SMILES string of the molecule is CN1C(=O)c2ccccc2C(=O)[C@@]2(C)CN(C(=O)CCc3cccc(Cl)c3)C[C@@H]12. The molecule has 2 aliphatic heterocycles. The van der Waals surface area contributed by atoms with Crippen LogP contribution in [0.2, 0.25) is 5.02 Å². The molecule has 0 radical (unpaired) electrons. The van der Waals surface area contributed by atoms with Gasteiger partial charge in [0.05, 0.1) is 17.0 Å². The first kappa shape index (κ1) is 19.6. The molecular weight excluding hydrogens is 388 g/mol. The topological polar surface area (TPSA) is 57.7 Å². The number of ketones is 1. The fraction of sp³-hybridized carbons (Fsp3) is 0.348. The summed E-state index contributed by atoms with van der Waals surface area (Å²) in [5.74, 6) is -0.252. The lowest BCUT2D eigenvalue weighted by Gasteiger charge is -2.32. The number of halogens is 1. The van der Waals surface area contributed by atoms with Crippen LogP contribution in [-0.2, 0) is 11.2 Å². The van der Waals surface area contributed by atoms with Crippen molar-refractivity contribution in [2.45, 2.75) is 25.8 Å². The molecule has 5 nitrogen and oxygen atoms in total. The van der Waals surface area contributed by atoms with Gasteiger partial charge in [0, 0.05) is 37.1 Å². The molecule has 0 saturated carbocycles. The Morgan fingerprint density at radius 3 is 2.59 bits per heavy atom. The number of aryl methyl sites for hydroxylation is 1. The van der Waals surface area contributed by atoms with Crippen LogP contribution in [0.5, 0.6) is 0 Å². The largest absolute Gasteiger partial charge is 0.339 e. The van der Waals surface area contributed by atoms with Crippen molar-refractivity contribution in [2.24, 2.45) is 5.41 Å². The second-order valence-corrected chi connectivity index (χ2v) is 8.56. The molecule has 0 unspecified atom stereocenters. The van der Waals surface area contributed by atoms with E-state index in [-0.39, 0.29) is 23.6 Å². The molecule has 0 N–H and O–H groups in total. The highest BCUT2D eigenvalue weighted by Gasteiger charge is 2.54. The maximum atomic E-state index is 13.4. The molecule has 2 atom stereocenters. The molecule has 0 bridgehead atoms. The van der Waals surface area contributed by atoms with Gasteiger partial charge in [-0.05, 0) is 37.1 Å². The summed E-state index contributed by atoms with van der Waals surface area (Å²) in [6, 6.07) is 14.1. The van der Waals surface area contributed by atoms with Crippen LogP contribution in [-0.4, -0.2) is 53.6 Å². The van der Waals surface area contributed by atoms with Gasteiger partial charge in [0.2, 0.25) is 5.91 Å². The summed E-state index contributed by atoms with van der Waals surface area (Å²) >= 11 is 6.02. The number of nitrogens with zero attached hydrogens (tertiary/aromatic N) is 2. The Labute approximate surface area is 175 Å². The summed E-state index contributed by atoms with van der Waals surface area (Å²) in [5.41, 5.74) is 1.07. The molecule has 0 aromatic heterocycles. The van der Waals surface area contributed by atoms with E-state index in [1.54, 1.807) is 47.2 Å². The highest BCUT2D eigenvalue weighted by atomic mass is 35.5. The molecule has 2 amide bonds. The van der Waals surface area contributed by atoms with Crippen molar-refractivity contribution in [1.82, 2.24) is 9.80 Å². The van der Waals surface area contributed by atoms with Gasteiger partial charge in [-0.2, -0.15) is 0 Å². The predicted octanol–water partition coefficient (Wildman–Crippen LogP) is 3.46. The number of hydrogen-bond acceptors (Lipinski definition) is 3. The normalized spacial score (nSPS) is 23.6. The number of fused-ring (bicyclic) bond motifs is 2. The average Bonchev–Trinajstić information content (AvgIpc) is 3.07. The van der Waals surface area contributed by atoms with Crippen LogP contribution >= 0.6 is 11.6 Å². The summed E-state index contributed by atoms with van der Waals surface area (Å²) in [5, 5.41) is 0.648. The Morgan fingerprint density at radius 1 is 1.14 bits per heavy atom. The highest BCUT2D eigenvalue weighted by Crippen LogP contribution is 2.40. The summed E-state index contributed by atoms with van der Waals surface area (Å²) < 4.78 is 0. The second-order valence-electron chi connectivity index (χ2n) is 8.13. The number of rotatable bonds is 3. The minimum absolute atomic E-state index is 0.0128. The summed E-state index contributed by atoms with van der Waals surface area (Å²) in [6.45, 7) is 2.56. The minimum atomic E-state index is -0.817. The Kier molecular flexibility index (Phi) is 4.95. The molecule has 2 aromatic carbocycles. The Hall–Kier alpha value is -2.66. The van der Waals surface area contributed by atoms with Gasteiger partial charge < -0.3 is 9.80 Å².